The van der Waals surface area contributed by atoms with Crippen LogP contribution in [0.15, 0.2) is 34.8 Å². The Morgan fingerprint density at radius 2 is 1.96 bits per heavy atom. The van der Waals surface area contributed by atoms with Crippen molar-refractivity contribution in [3.8, 4) is 5.75 Å². The Hall–Kier alpha value is -1.66. The fourth-order valence-corrected chi connectivity index (χ4v) is 3.29. The number of halogens is 4. The number of amides is 1. The number of hydrogen-bond donors (Lipinski definition) is 0. The molecule has 0 spiro atoms. The normalized spacial score (nSPS) is 17.0. The molecule has 1 heterocycles. The molecule has 0 aliphatic carbocycles. The van der Waals surface area contributed by atoms with Crippen LogP contribution in [0.2, 0.25) is 5.02 Å². The van der Waals surface area contributed by atoms with E-state index in [2.05, 4.69) is 15.9 Å². The number of nitrogens with zero attached hydrogens (tertiary/aromatic N) is 1. The number of anilines is 1. The second-order valence-corrected chi connectivity index (χ2v) is 6.93. The van der Waals surface area contributed by atoms with Gasteiger partial charge in [0.05, 0.1) is 20.7 Å². The Kier molecular flexibility index (Phi) is 4.53. The number of ether oxygens (including phenoxy) is 1. The third kappa shape index (κ3) is 2.78. The minimum Gasteiger partial charge on any atom is -0.473 e. The zero-order chi connectivity index (χ0) is 17.6. The summed E-state index contributed by atoms with van der Waals surface area (Å²) in [6.45, 7) is 3.62. The predicted molar refractivity (Wildman–Crippen MR) is 91.5 cm³/mol. The van der Waals surface area contributed by atoms with E-state index in [1.165, 1.54) is 35.2 Å². The zero-order valence-corrected chi connectivity index (χ0v) is 15.2. The van der Waals surface area contributed by atoms with Gasteiger partial charge in [0.15, 0.2) is 0 Å². The molecule has 126 valence electrons. The standard InChI is InChI=1S/C17H13BrClF2NO2/c1-8(2)22-13-6-9(18)12(21)7-14(13)24-16(17(22)23)15-10(19)4-3-5-11(15)20/h3-8,16H,1-2H3. The highest BCUT2D eigenvalue weighted by molar-refractivity contribution is 9.10. The van der Waals surface area contributed by atoms with E-state index in [4.69, 9.17) is 16.3 Å². The molecule has 1 atom stereocenters. The molecule has 1 unspecified atom stereocenters. The summed E-state index contributed by atoms with van der Waals surface area (Å²) in [4.78, 5) is 14.4. The van der Waals surface area contributed by atoms with Gasteiger partial charge in [-0.2, -0.15) is 0 Å². The molecule has 0 N–H and O–H groups in total. The van der Waals surface area contributed by atoms with Gasteiger partial charge in [-0.15, -0.1) is 0 Å². The van der Waals surface area contributed by atoms with Crippen LogP contribution in [0.3, 0.4) is 0 Å². The SMILES string of the molecule is CC(C)N1C(=O)C(c2c(F)cccc2Cl)Oc2cc(F)c(Br)cc21. The number of fused-ring (bicyclic) bond motifs is 1. The van der Waals surface area contributed by atoms with Crippen molar-refractivity contribution in [1.82, 2.24) is 0 Å². The lowest BCUT2D eigenvalue weighted by atomic mass is 10.0. The highest BCUT2D eigenvalue weighted by atomic mass is 79.9. The molecule has 3 nitrogen and oxygen atoms in total. The van der Waals surface area contributed by atoms with E-state index in [9.17, 15) is 13.6 Å². The van der Waals surface area contributed by atoms with E-state index in [0.717, 1.165) is 0 Å². The summed E-state index contributed by atoms with van der Waals surface area (Å²) in [6.07, 6.45) is -1.27. The highest BCUT2D eigenvalue weighted by Gasteiger charge is 2.39. The first-order valence-corrected chi connectivity index (χ1v) is 8.41. The van der Waals surface area contributed by atoms with Gasteiger partial charge in [-0.1, -0.05) is 17.7 Å². The molecule has 0 saturated carbocycles. The van der Waals surface area contributed by atoms with Crippen LogP contribution in [0.4, 0.5) is 14.5 Å². The van der Waals surface area contributed by atoms with Crippen molar-refractivity contribution in [3.05, 3.63) is 57.0 Å². The molecule has 0 aromatic heterocycles. The number of carbonyl (C=O) groups excluding carboxylic acids is 1. The van der Waals surface area contributed by atoms with Crippen LogP contribution >= 0.6 is 27.5 Å². The average molecular weight is 417 g/mol. The molecule has 7 heteroatoms. The van der Waals surface area contributed by atoms with E-state index in [-0.39, 0.29) is 26.9 Å². The summed E-state index contributed by atoms with van der Waals surface area (Å²) in [5.74, 6) is -1.48. The molecule has 0 bridgehead atoms. The Labute approximate surface area is 151 Å². The minimum absolute atomic E-state index is 0.0520. The molecule has 0 fully saturated rings. The highest BCUT2D eigenvalue weighted by Crippen LogP contribution is 2.44. The molecule has 2 aromatic carbocycles. The summed E-state index contributed by atoms with van der Waals surface area (Å²) in [6, 6.07) is 6.54. The molecule has 0 radical (unpaired) electrons. The maximum atomic E-state index is 14.2. The Bertz CT molecular complexity index is 808. The van der Waals surface area contributed by atoms with Crippen molar-refractivity contribution in [1.29, 1.82) is 0 Å². The van der Waals surface area contributed by atoms with Crippen LogP contribution in [0, 0.1) is 11.6 Å². The number of carbonyl (C=O) groups is 1. The van der Waals surface area contributed by atoms with Gasteiger partial charge in [0.2, 0.25) is 6.10 Å². The quantitative estimate of drug-likeness (QED) is 0.669. The third-order valence-electron chi connectivity index (χ3n) is 3.75. The first kappa shape index (κ1) is 17.2. The Morgan fingerprint density at radius 3 is 2.58 bits per heavy atom. The van der Waals surface area contributed by atoms with E-state index in [1.54, 1.807) is 0 Å². The van der Waals surface area contributed by atoms with E-state index < -0.39 is 23.6 Å². The first-order valence-electron chi connectivity index (χ1n) is 7.24. The molecule has 2 aromatic rings. The van der Waals surface area contributed by atoms with Gasteiger partial charge < -0.3 is 9.64 Å². The van der Waals surface area contributed by atoms with Gasteiger partial charge in [0.25, 0.3) is 5.91 Å². The van der Waals surface area contributed by atoms with Gasteiger partial charge in [-0.3, -0.25) is 4.79 Å². The zero-order valence-electron chi connectivity index (χ0n) is 12.8. The second-order valence-electron chi connectivity index (χ2n) is 5.67. The molecular formula is C17H13BrClF2NO2. The Morgan fingerprint density at radius 1 is 1.25 bits per heavy atom. The maximum absolute atomic E-state index is 14.2. The van der Waals surface area contributed by atoms with Gasteiger partial charge in [0, 0.05) is 12.1 Å². The van der Waals surface area contributed by atoms with Crippen molar-refractivity contribution in [2.45, 2.75) is 26.0 Å². The van der Waals surface area contributed by atoms with Gasteiger partial charge in [-0.05, 0) is 48.0 Å². The van der Waals surface area contributed by atoms with Crippen LogP contribution in [-0.2, 0) is 4.79 Å². The minimum atomic E-state index is -1.27. The molecule has 3 rings (SSSR count). The summed E-state index contributed by atoms with van der Waals surface area (Å²) in [5.41, 5.74) is 0.371. The summed E-state index contributed by atoms with van der Waals surface area (Å²) >= 11 is 9.17. The summed E-state index contributed by atoms with van der Waals surface area (Å²) in [7, 11) is 0. The van der Waals surface area contributed by atoms with Crippen LogP contribution in [0.5, 0.6) is 5.75 Å². The van der Waals surface area contributed by atoms with Crippen molar-refractivity contribution < 1.29 is 18.3 Å². The van der Waals surface area contributed by atoms with Crippen molar-refractivity contribution in [3.63, 3.8) is 0 Å². The Balaban J connectivity index is 2.18. The molecular weight excluding hydrogens is 404 g/mol. The lowest BCUT2D eigenvalue weighted by molar-refractivity contribution is -0.127. The first-order chi connectivity index (χ1) is 11.3. The summed E-state index contributed by atoms with van der Waals surface area (Å²) in [5, 5.41) is 0.0816. The number of benzene rings is 2. The maximum Gasteiger partial charge on any atom is 0.273 e. The average Bonchev–Trinajstić information content (AvgIpc) is 2.49. The summed E-state index contributed by atoms with van der Waals surface area (Å²) < 4.78 is 34.0. The third-order valence-corrected chi connectivity index (χ3v) is 4.68. The topological polar surface area (TPSA) is 29.5 Å². The van der Waals surface area contributed by atoms with Crippen LogP contribution < -0.4 is 9.64 Å². The van der Waals surface area contributed by atoms with Crippen molar-refractivity contribution in [2.75, 3.05) is 4.90 Å². The van der Waals surface area contributed by atoms with E-state index >= 15 is 0 Å². The monoisotopic (exact) mass is 415 g/mol. The number of hydrogen-bond acceptors (Lipinski definition) is 2. The van der Waals surface area contributed by atoms with Gasteiger partial charge >= 0.3 is 0 Å². The van der Waals surface area contributed by atoms with E-state index in [1.807, 2.05) is 13.8 Å². The molecule has 1 amide bonds. The fraction of sp³-hybridized carbons (Fsp3) is 0.235. The predicted octanol–water partition coefficient (Wildman–Crippen LogP) is 5.26. The molecule has 1 aliphatic rings. The van der Waals surface area contributed by atoms with Crippen molar-refractivity contribution >= 4 is 39.1 Å². The lowest BCUT2D eigenvalue weighted by Crippen LogP contribution is -2.45. The van der Waals surface area contributed by atoms with Gasteiger partial charge in [0.1, 0.15) is 17.4 Å². The van der Waals surface area contributed by atoms with Crippen molar-refractivity contribution in [2.24, 2.45) is 0 Å². The van der Waals surface area contributed by atoms with Crippen LogP contribution in [0.25, 0.3) is 0 Å². The smallest absolute Gasteiger partial charge is 0.273 e. The van der Waals surface area contributed by atoms with Gasteiger partial charge in [-0.25, -0.2) is 8.78 Å². The molecule has 24 heavy (non-hydrogen) atoms. The number of rotatable bonds is 2. The fourth-order valence-electron chi connectivity index (χ4n) is 2.70. The second kappa shape index (κ2) is 6.33. The molecule has 1 aliphatic heterocycles. The molecule has 0 saturated heterocycles. The largest absolute Gasteiger partial charge is 0.473 e. The van der Waals surface area contributed by atoms with Crippen LogP contribution in [-0.4, -0.2) is 11.9 Å². The lowest BCUT2D eigenvalue weighted by Gasteiger charge is -2.37. The van der Waals surface area contributed by atoms with Crippen LogP contribution in [0.1, 0.15) is 25.5 Å². The van der Waals surface area contributed by atoms with E-state index in [0.29, 0.717) is 5.69 Å².